The van der Waals surface area contributed by atoms with E-state index in [0.717, 1.165) is 48.0 Å². The zero-order chi connectivity index (χ0) is 24.2. The van der Waals surface area contributed by atoms with Gasteiger partial charge < -0.3 is 10.1 Å². The van der Waals surface area contributed by atoms with Crippen molar-refractivity contribution in [3.63, 3.8) is 0 Å². The Hall–Kier alpha value is -2.68. The number of morpholine rings is 1. The molecule has 2 atom stereocenters. The molecule has 0 aliphatic carbocycles. The van der Waals surface area contributed by atoms with E-state index in [1.165, 1.54) is 17.3 Å². The molecule has 1 aliphatic rings. The molecule has 1 amide bonds. The molecule has 0 spiro atoms. The summed E-state index contributed by atoms with van der Waals surface area (Å²) in [5.41, 5.74) is 5.32. The number of hydrogen-bond acceptors (Lipinski definition) is 6. The van der Waals surface area contributed by atoms with Crippen molar-refractivity contribution in [2.75, 3.05) is 24.2 Å². The summed E-state index contributed by atoms with van der Waals surface area (Å²) in [6.07, 6.45) is 0.416. The number of para-hydroxylation sites is 1. The smallest absolute Gasteiger partial charge is 0.234 e. The van der Waals surface area contributed by atoms with Gasteiger partial charge in [-0.15, -0.1) is 10.2 Å². The summed E-state index contributed by atoms with van der Waals surface area (Å²) in [5.74, 6) is 0.994. The van der Waals surface area contributed by atoms with Crippen molar-refractivity contribution in [3.8, 4) is 5.69 Å². The lowest BCUT2D eigenvalue weighted by Gasteiger charge is -2.35. The minimum Gasteiger partial charge on any atom is -0.373 e. The summed E-state index contributed by atoms with van der Waals surface area (Å²) in [6, 6.07) is 14.3. The predicted molar refractivity (Wildman–Crippen MR) is 137 cm³/mol. The highest BCUT2D eigenvalue weighted by Crippen LogP contribution is 2.26. The van der Waals surface area contributed by atoms with E-state index in [9.17, 15) is 4.79 Å². The van der Waals surface area contributed by atoms with E-state index in [0.29, 0.717) is 5.16 Å². The molecule has 180 valence electrons. The van der Waals surface area contributed by atoms with Crippen LogP contribution in [0.4, 0.5) is 5.69 Å². The first kappa shape index (κ1) is 24.4. The second-order valence-electron chi connectivity index (χ2n) is 9.10. The van der Waals surface area contributed by atoms with E-state index in [2.05, 4.69) is 72.4 Å². The Balaban J connectivity index is 1.43. The number of aryl methyl sites for hydroxylation is 3. The second kappa shape index (κ2) is 10.7. The molecule has 2 aromatic carbocycles. The number of carbonyl (C=O) groups is 1. The van der Waals surface area contributed by atoms with E-state index in [1.54, 1.807) is 0 Å². The van der Waals surface area contributed by atoms with Crippen LogP contribution in [-0.4, -0.2) is 56.6 Å². The van der Waals surface area contributed by atoms with E-state index < -0.39 is 0 Å². The fourth-order valence-electron chi connectivity index (χ4n) is 4.43. The van der Waals surface area contributed by atoms with Crippen molar-refractivity contribution in [3.05, 3.63) is 65.0 Å². The first-order valence-electron chi connectivity index (χ1n) is 11.7. The largest absolute Gasteiger partial charge is 0.373 e. The predicted octanol–water partition coefficient (Wildman–Crippen LogP) is 4.53. The SMILES string of the molecule is Cc1ccc(C)c(-n2c(C)nnc2SCC(=O)Nc2ccccc2CN2CC(C)OC(C)C2)c1. The van der Waals surface area contributed by atoms with Crippen LogP contribution in [-0.2, 0) is 16.1 Å². The molecule has 0 radical (unpaired) electrons. The quantitative estimate of drug-likeness (QED) is 0.502. The van der Waals surface area contributed by atoms with Crippen LogP contribution in [0.3, 0.4) is 0 Å². The molecule has 34 heavy (non-hydrogen) atoms. The zero-order valence-corrected chi connectivity index (χ0v) is 21.4. The third-order valence-electron chi connectivity index (χ3n) is 5.91. The Bertz CT molecular complexity index is 1150. The normalized spacial score (nSPS) is 18.7. The highest BCUT2D eigenvalue weighted by Gasteiger charge is 2.23. The lowest BCUT2D eigenvalue weighted by Crippen LogP contribution is -2.44. The second-order valence-corrected chi connectivity index (χ2v) is 10.0. The number of aromatic nitrogens is 3. The zero-order valence-electron chi connectivity index (χ0n) is 20.5. The average Bonchev–Trinajstić information content (AvgIpc) is 3.15. The third kappa shape index (κ3) is 5.87. The van der Waals surface area contributed by atoms with Gasteiger partial charge in [-0.05, 0) is 63.4 Å². The summed E-state index contributed by atoms with van der Waals surface area (Å²) in [6.45, 7) is 12.8. The van der Waals surface area contributed by atoms with Crippen molar-refractivity contribution in [2.24, 2.45) is 0 Å². The minimum atomic E-state index is -0.0608. The Morgan fingerprint density at radius 3 is 2.59 bits per heavy atom. The molecule has 1 N–H and O–H groups in total. The summed E-state index contributed by atoms with van der Waals surface area (Å²) in [7, 11) is 0. The van der Waals surface area contributed by atoms with Crippen LogP contribution in [0.1, 0.15) is 36.4 Å². The first-order chi connectivity index (χ1) is 16.3. The number of carbonyl (C=O) groups excluding carboxylic acids is 1. The number of benzene rings is 2. The Kier molecular flexibility index (Phi) is 7.70. The van der Waals surface area contributed by atoms with Crippen LogP contribution in [0.25, 0.3) is 5.69 Å². The molecule has 0 saturated carbocycles. The van der Waals surface area contributed by atoms with Gasteiger partial charge in [-0.2, -0.15) is 0 Å². The topological polar surface area (TPSA) is 72.3 Å². The summed E-state index contributed by atoms with van der Waals surface area (Å²) in [5, 5.41) is 12.4. The van der Waals surface area contributed by atoms with E-state index >= 15 is 0 Å². The van der Waals surface area contributed by atoms with Crippen molar-refractivity contribution >= 4 is 23.4 Å². The van der Waals surface area contributed by atoms with Crippen molar-refractivity contribution in [1.29, 1.82) is 0 Å². The lowest BCUT2D eigenvalue weighted by atomic mass is 10.1. The maximum absolute atomic E-state index is 12.9. The molecule has 4 rings (SSSR count). The maximum atomic E-state index is 12.9. The van der Waals surface area contributed by atoms with Gasteiger partial charge in [0.25, 0.3) is 0 Å². The number of rotatable bonds is 7. The summed E-state index contributed by atoms with van der Waals surface area (Å²) in [4.78, 5) is 15.3. The van der Waals surface area contributed by atoms with Crippen LogP contribution in [0.5, 0.6) is 0 Å². The number of amides is 1. The number of nitrogens with one attached hydrogen (secondary N) is 1. The molecule has 3 aromatic rings. The van der Waals surface area contributed by atoms with Crippen LogP contribution in [0.15, 0.2) is 47.6 Å². The van der Waals surface area contributed by atoms with Gasteiger partial charge in [-0.25, -0.2) is 0 Å². The summed E-state index contributed by atoms with van der Waals surface area (Å²) >= 11 is 1.40. The number of ether oxygens (including phenoxy) is 1. The lowest BCUT2D eigenvalue weighted by molar-refractivity contribution is -0.113. The monoisotopic (exact) mass is 479 g/mol. The van der Waals surface area contributed by atoms with Crippen molar-refractivity contribution in [1.82, 2.24) is 19.7 Å². The van der Waals surface area contributed by atoms with Gasteiger partial charge in [0, 0.05) is 25.3 Å². The van der Waals surface area contributed by atoms with Crippen LogP contribution in [0, 0.1) is 20.8 Å². The molecule has 2 unspecified atom stereocenters. The third-order valence-corrected chi connectivity index (χ3v) is 6.84. The standard InChI is InChI=1S/C26H33N5O2S/c1-17-10-11-18(2)24(12-17)31-21(5)28-29-26(31)34-16-25(32)27-23-9-7-6-8-22(23)15-30-13-19(3)33-20(4)14-30/h6-12,19-20H,13-16H2,1-5H3,(H,27,32). The fourth-order valence-corrected chi connectivity index (χ4v) is 5.22. The molecule has 7 nitrogen and oxygen atoms in total. The van der Waals surface area contributed by atoms with Gasteiger partial charge in [0.2, 0.25) is 5.91 Å². The number of nitrogens with zero attached hydrogens (tertiary/aromatic N) is 4. The summed E-state index contributed by atoms with van der Waals surface area (Å²) < 4.78 is 7.88. The van der Waals surface area contributed by atoms with Gasteiger partial charge >= 0.3 is 0 Å². The van der Waals surface area contributed by atoms with Crippen LogP contribution >= 0.6 is 11.8 Å². The minimum absolute atomic E-state index is 0.0608. The van der Waals surface area contributed by atoms with E-state index in [4.69, 9.17) is 4.74 Å². The van der Waals surface area contributed by atoms with Gasteiger partial charge in [0.05, 0.1) is 23.6 Å². The van der Waals surface area contributed by atoms with Gasteiger partial charge in [0.15, 0.2) is 5.16 Å². The molecule has 1 saturated heterocycles. The Morgan fingerprint density at radius 2 is 1.82 bits per heavy atom. The number of anilines is 1. The van der Waals surface area contributed by atoms with Gasteiger partial charge in [-0.3, -0.25) is 14.3 Å². The number of thioether (sulfide) groups is 1. The van der Waals surface area contributed by atoms with Crippen molar-refractivity contribution < 1.29 is 9.53 Å². The van der Waals surface area contributed by atoms with Gasteiger partial charge in [0.1, 0.15) is 5.82 Å². The molecule has 1 aromatic heterocycles. The average molecular weight is 480 g/mol. The van der Waals surface area contributed by atoms with Crippen LogP contribution in [0.2, 0.25) is 0 Å². The van der Waals surface area contributed by atoms with E-state index in [-0.39, 0.29) is 23.9 Å². The Labute approximate surface area is 205 Å². The van der Waals surface area contributed by atoms with Crippen LogP contribution < -0.4 is 5.32 Å². The molecule has 1 fully saturated rings. The number of hydrogen-bond donors (Lipinski definition) is 1. The molecular formula is C26H33N5O2S. The molecule has 8 heteroatoms. The van der Waals surface area contributed by atoms with Crippen molar-refractivity contribution in [2.45, 2.75) is 58.5 Å². The van der Waals surface area contributed by atoms with Gasteiger partial charge in [-0.1, -0.05) is 42.1 Å². The maximum Gasteiger partial charge on any atom is 0.234 e. The highest BCUT2D eigenvalue weighted by molar-refractivity contribution is 7.99. The molecule has 2 heterocycles. The fraction of sp³-hybridized carbons (Fsp3) is 0.423. The van der Waals surface area contributed by atoms with E-state index in [1.807, 2.05) is 29.7 Å². The highest BCUT2D eigenvalue weighted by atomic mass is 32.2. The molecular weight excluding hydrogens is 446 g/mol. The first-order valence-corrected chi connectivity index (χ1v) is 12.7. The molecule has 0 bridgehead atoms. The molecule has 1 aliphatic heterocycles. The Morgan fingerprint density at radius 1 is 1.09 bits per heavy atom.